The number of hydrogen-bond donors (Lipinski definition) is 1. The molecule has 3 unspecified atom stereocenters. The normalized spacial score (nSPS) is 31.5. The molecule has 2 aliphatic heterocycles. The molecule has 2 nitrogen and oxygen atoms in total. The van der Waals surface area contributed by atoms with Crippen LogP contribution in [0.3, 0.4) is 0 Å². The fraction of sp³-hybridized carbons (Fsp3) is 0.538. The molecule has 0 amide bonds. The minimum absolute atomic E-state index is 0.584. The molecule has 0 aromatic heterocycles. The van der Waals surface area contributed by atoms with Crippen molar-refractivity contribution in [2.45, 2.75) is 18.9 Å². The molecule has 3 atom stereocenters. The highest BCUT2D eigenvalue weighted by Crippen LogP contribution is 2.32. The Kier molecular flexibility index (Phi) is 3.33. The SMILES string of the molecule is Clc1ccc(Br)cc1NC1CCN2CCC1C2. The molecule has 1 aromatic rings. The van der Waals surface area contributed by atoms with Crippen molar-refractivity contribution >= 4 is 33.2 Å². The van der Waals surface area contributed by atoms with Crippen LogP contribution in [0.25, 0.3) is 0 Å². The van der Waals surface area contributed by atoms with E-state index >= 15 is 0 Å². The third-order valence-electron chi connectivity index (χ3n) is 3.90. The average Bonchev–Trinajstić information content (AvgIpc) is 2.70. The van der Waals surface area contributed by atoms with Crippen molar-refractivity contribution in [3.63, 3.8) is 0 Å². The number of hydrogen-bond acceptors (Lipinski definition) is 2. The zero-order valence-corrected chi connectivity index (χ0v) is 12.0. The minimum atomic E-state index is 0.584. The van der Waals surface area contributed by atoms with Crippen molar-refractivity contribution in [2.75, 3.05) is 25.0 Å². The number of rotatable bonds is 2. The maximum absolute atomic E-state index is 6.22. The van der Waals surface area contributed by atoms with Gasteiger partial charge in [0.05, 0.1) is 10.7 Å². The minimum Gasteiger partial charge on any atom is -0.381 e. The molecule has 2 saturated heterocycles. The summed E-state index contributed by atoms with van der Waals surface area (Å²) in [5.41, 5.74) is 1.06. The molecule has 4 heteroatoms. The highest BCUT2D eigenvalue weighted by Gasteiger charge is 2.34. The lowest BCUT2D eigenvalue weighted by Gasteiger charge is -2.32. The van der Waals surface area contributed by atoms with Crippen LogP contribution < -0.4 is 5.32 Å². The van der Waals surface area contributed by atoms with E-state index in [0.29, 0.717) is 6.04 Å². The number of piperidine rings is 1. The van der Waals surface area contributed by atoms with E-state index in [9.17, 15) is 0 Å². The number of nitrogens with one attached hydrogen (secondary N) is 1. The van der Waals surface area contributed by atoms with Gasteiger partial charge in [0.2, 0.25) is 0 Å². The van der Waals surface area contributed by atoms with Crippen molar-refractivity contribution < 1.29 is 0 Å². The summed E-state index contributed by atoms with van der Waals surface area (Å²) < 4.78 is 1.08. The number of fused-ring (bicyclic) bond motifs is 2. The first-order valence-electron chi connectivity index (χ1n) is 6.16. The van der Waals surface area contributed by atoms with E-state index in [2.05, 4.69) is 32.2 Å². The first-order valence-corrected chi connectivity index (χ1v) is 7.33. The van der Waals surface area contributed by atoms with Crippen molar-refractivity contribution in [2.24, 2.45) is 5.92 Å². The largest absolute Gasteiger partial charge is 0.381 e. The number of halogens is 2. The second kappa shape index (κ2) is 4.79. The molecule has 0 aliphatic carbocycles. The second-order valence-corrected chi connectivity index (χ2v) is 6.34. The fourth-order valence-electron chi connectivity index (χ4n) is 2.95. The van der Waals surface area contributed by atoms with Crippen LogP contribution in [0.2, 0.25) is 5.02 Å². The summed E-state index contributed by atoms with van der Waals surface area (Å²) in [6, 6.07) is 6.58. The lowest BCUT2D eigenvalue weighted by Crippen LogP contribution is -2.39. The smallest absolute Gasteiger partial charge is 0.0638 e. The highest BCUT2D eigenvalue weighted by molar-refractivity contribution is 9.10. The van der Waals surface area contributed by atoms with Crippen LogP contribution in [-0.4, -0.2) is 30.6 Å². The lowest BCUT2D eigenvalue weighted by molar-refractivity contribution is 0.255. The van der Waals surface area contributed by atoms with Crippen LogP contribution in [0.4, 0.5) is 5.69 Å². The summed E-state index contributed by atoms with van der Waals surface area (Å²) in [6.07, 6.45) is 2.55. The van der Waals surface area contributed by atoms with Gasteiger partial charge in [-0.3, -0.25) is 0 Å². The quantitative estimate of drug-likeness (QED) is 0.897. The third-order valence-corrected chi connectivity index (χ3v) is 4.73. The highest BCUT2D eigenvalue weighted by atomic mass is 79.9. The summed E-state index contributed by atoms with van der Waals surface area (Å²) in [7, 11) is 0. The zero-order valence-electron chi connectivity index (χ0n) is 9.63. The van der Waals surface area contributed by atoms with Gasteiger partial charge in [0.1, 0.15) is 0 Å². The van der Waals surface area contributed by atoms with E-state index in [1.54, 1.807) is 0 Å². The fourth-order valence-corrected chi connectivity index (χ4v) is 3.48. The van der Waals surface area contributed by atoms with Crippen molar-refractivity contribution in [3.8, 4) is 0 Å². The first kappa shape index (κ1) is 11.8. The third kappa shape index (κ3) is 2.47. The van der Waals surface area contributed by atoms with Crippen molar-refractivity contribution in [1.29, 1.82) is 0 Å². The van der Waals surface area contributed by atoms with Gasteiger partial charge in [0.15, 0.2) is 0 Å². The van der Waals surface area contributed by atoms with Gasteiger partial charge in [-0.1, -0.05) is 27.5 Å². The first-order chi connectivity index (χ1) is 8.22. The standard InChI is InChI=1S/C13H16BrClN2/c14-10-1-2-11(15)13(7-10)16-12-4-6-17-5-3-9(12)8-17/h1-2,7,9,12,16H,3-6,8H2. The van der Waals surface area contributed by atoms with Crippen LogP contribution in [0.15, 0.2) is 22.7 Å². The monoisotopic (exact) mass is 314 g/mol. The Labute approximate surface area is 115 Å². The Morgan fingerprint density at radius 3 is 3.00 bits per heavy atom. The molecule has 0 saturated carbocycles. The van der Waals surface area contributed by atoms with E-state index in [4.69, 9.17) is 11.6 Å². The Morgan fingerprint density at radius 1 is 1.29 bits per heavy atom. The van der Waals surface area contributed by atoms with Crippen molar-refractivity contribution in [1.82, 2.24) is 4.90 Å². The molecule has 0 radical (unpaired) electrons. The molecule has 2 fully saturated rings. The molecule has 92 valence electrons. The van der Waals surface area contributed by atoms with Gasteiger partial charge in [-0.2, -0.15) is 0 Å². The average molecular weight is 316 g/mol. The maximum Gasteiger partial charge on any atom is 0.0638 e. The van der Waals surface area contributed by atoms with Gasteiger partial charge in [-0.15, -0.1) is 0 Å². The summed E-state index contributed by atoms with van der Waals surface area (Å²) >= 11 is 9.72. The Hall–Kier alpha value is -0.250. The molecule has 3 rings (SSSR count). The van der Waals surface area contributed by atoms with Gasteiger partial charge in [0.25, 0.3) is 0 Å². The van der Waals surface area contributed by atoms with Crippen molar-refractivity contribution in [3.05, 3.63) is 27.7 Å². The van der Waals surface area contributed by atoms with Gasteiger partial charge in [-0.25, -0.2) is 0 Å². The molecule has 17 heavy (non-hydrogen) atoms. The van der Waals surface area contributed by atoms with E-state index in [1.807, 2.05) is 12.1 Å². The molecule has 2 aliphatic rings. The summed E-state index contributed by atoms with van der Waals surface area (Å²) in [5.74, 6) is 0.791. The second-order valence-electron chi connectivity index (χ2n) is 5.01. The van der Waals surface area contributed by atoms with E-state index in [1.165, 1.54) is 32.5 Å². The van der Waals surface area contributed by atoms with Crippen LogP contribution >= 0.6 is 27.5 Å². The maximum atomic E-state index is 6.22. The van der Waals surface area contributed by atoms with Crippen LogP contribution in [0.1, 0.15) is 12.8 Å². The van der Waals surface area contributed by atoms with Crippen LogP contribution in [-0.2, 0) is 0 Å². The summed E-state index contributed by atoms with van der Waals surface area (Å²) in [6.45, 7) is 3.75. The van der Waals surface area contributed by atoms with Gasteiger partial charge in [0, 0.05) is 23.6 Å². The summed E-state index contributed by atoms with van der Waals surface area (Å²) in [5, 5.41) is 4.44. The number of anilines is 1. The molecule has 2 bridgehead atoms. The summed E-state index contributed by atoms with van der Waals surface area (Å²) in [4.78, 5) is 2.56. The van der Waals surface area contributed by atoms with Crippen LogP contribution in [0.5, 0.6) is 0 Å². The number of benzene rings is 1. The van der Waals surface area contributed by atoms with E-state index < -0.39 is 0 Å². The molecule has 1 N–H and O–H groups in total. The predicted octanol–water partition coefficient (Wildman–Crippen LogP) is 3.61. The Bertz CT molecular complexity index is 424. The van der Waals surface area contributed by atoms with Gasteiger partial charge >= 0.3 is 0 Å². The molecule has 1 aromatic carbocycles. The molecular formula is C13H16BrClN2. The molecule has 0 spiro atoms. The predicted molar refractivity (Wildman–Crippen MR) is 75.7 cm³/mol. The zero-order chi connectivity index (χ0) is 11.8. The van der Waals surface area contributed by atoms with Crippen LogP contribution in [0, 0.1) is 5.92 Å². The van der Waals surface area contributed by atoms with Gasteiger partial charge in [-0.05, 0) is 43.5 Å². The van der Waals surface area contributed by atoms with E-state index in [0.717, 1.165) is 21.1 Å². The Balaban J connectivity index is 1.75. The molecule has 2 heterocycles. The lowest BCUT2D eigenvalue weighted by atomic mass is 9.94. The Morgan fingerprint density at radius 2 is 2.12 bits per heavy atom. The topological polar surface area (TPSA) is 15.3 Å². The number of nitrogens with zero attached hydrogens (tertiary/aromatic N) is 1. The van der Waals surface area contributed by atoms with E-state index in [-0.39, 0.29) is 0 Å². The van der Waals surface area contributed by atoms with Gasteiger partial charge < -0.3 is 10.2 Å². The molecular weight excluding hydrogens is 300 g/mol.